The smallest absolute Gasteiger partial charge is 0.307 e. The maximum Gasteiger partial charge on any atom is 0.307 e. The van der Waals surface area contributed by atoms with Gasteiger partial charge in [-0.1, -0.05) is 17.7 Å². The highest BCUT2D eigenvalue weighted by Gasteiger charge is 2.26. The molecule has 0 aliphatic heterocycles. The monoisotopic (exact) mass is 220 g/mol. The second-order valence-electron chi connectivity index (χ2n) is 2.54. The first kappa shape index (κ1) is 10.3. The molecule has 1 rings (SSSR count). The van der Waals surface area contributed by atoms with E-state index in [1.807, 2.05) is 0 Å². The number of carbonyl (C=O) groups is 2. The number of Topliss-reactive ketones (excluding diaryl/α,β-unsaturated/α-hetero) is 1. The third-order valence-corrected chi connectivity index (χ3v) is 2.46. The highest BCUT2D eigenvalue weighted by molar-refractivity contribution is 6.45. The molecule has 0 fully saturated rings. The number of rotatable bonds is 2. The second kappa shape index (κ2) is 3.94. The Balaban J connectivity index is 2.87. The minimum atomic E-state index is -1.06. The predicted molar refractivity (Wildman–Crippen MR) is 48.9 cm³/mol. The summed E-state index contributed by atoms with van der Waals surface area (Å²) >= 11 is 11.2. The maximum absolute atomic E-state index is 11.3. The lowest BCUT2D eigenvalue weighted by molar-refractivity contribution is -0.136. The van der Waals surface area contributed by atoms with Crippen LogP contribution < -0.4 is 0 Å². The molecule has 0 aromatic carbocycles. The Morgan fingerprint density at radius 3 is 2.69 bits per heavy atom. The van der Waals surface area contributed by atoms with Crippen molar-refractivity contribution >= 4 is 35.0 Å². The van der Waals surface area contributed by atoms with E-state index in [0.29, 0.717) is 0 Å². The van der Waals surface area contributed by atoms with Gasteiger partial charge in [0.15, 0.2) is 5.78 Å². The van der Waals surface area contributed by atoms with Gasteiger partial charge in [0.1, 0.15) is 5.38 Å². The van der Waals surface area contributed by atoms with Gasteiger partial charge in [-0.05, 0) is 6.08 Å². The van der Waals surface area contributed by atoms with Crippen LogP contribution in [-0.2, 0) is 9.59 Å². The zero-order valence-electron chi connectivity index (χ0n) is 6.46. The number of carbonyl (C=O) groups excluding carboxylic acids is 1. The maximum atomic E-state index is 11.3. The summed E-state index contributed by atoms with van der Waals surface area (Å²) in [5.74, 6) is -1.49. The third-order valence-electron chi connectivity index (χ3n) is 1.57. The Bertz CT molecular complexity index is 317. The highest BCUT2D eigenvalue weighted by Crippen LogP contribution is 2.24. The minimum Gasteiger partial charge on any atom is -0.481 e. The Hall–Kier alpha value is -0.800. The molecule has 1 unspecified atom stereocenters. The molecule has 0 aromatic heterocycles. The highest BCUT2D eigenvalue weighted by atomic mass is 35.5. The molecule has 13 heavy (non-hydrogen) atoms. The summed E-state index contributed by atoms with van der Waals surface area (Å²) in [6.07, 6.45) is 2.51. The summed E-state index contributed by atoms with van der Waals surface area (Å²) in [4.78, 5) is 21.6. The first-order chi connectivity index (χ1) is 6.02. The molecule has 0 heterocycles. The summed E-state index contributed by atoms with van der Waals surface area (Å²) in [6.45, 7) is 0. The first-order valence-electron chi connectivity index (χ1n) is 3.48. The van der Waals surface area contributed by atoms with Gasteiger partial charge in [-0.3, -0.25) is 9.59 Å². The number of aliphatic carboxylic acids is 1. The fraction of sp³-hybridized carbons (Fsp3) is 0.250. The summed E-state index contributed by atoms with van der Waals surface area (Å²) in [5, 5.41) is 7.74. The third kappa shape index (κ3) is 2.32. The van der Waals surface area contributed by atoms with Crippen LogP contribution in [0, 0.1) is 0 Å². The van der Waals surface area contributed by atoms with E-state index in [1.54, 1.807) is 0 Å². The van der Waals surface area contributed by atoms with Gasteiger partial charge in [-0.2, -0.15) is 0 Å². The number of carboxylic acids is 1. The second-order valence-corrected chi connectivity index (χ2v) is 3.41. The van der Waals surface area contributed by atoms with E-state index < -0.39 is 17.1 Å². The van der Waals surface area contributed by atoms with Crippen molar-refractivity contribution in [3.05, 3.63) is 22.8 Å². The lowest BCUT2D eigenvalue weighted by Crippen LogP contribution is -2.21. The zero-order valence-corrected chi connectivity index (χ0v) is 7.97. The molecule has 0 spiro atoms. The van der Waals surface area contributed by atoms with E-state index in [4.69, 9.17) is 28.3 Å². The Morgan fingerprint density at radius 1 is 1.54 bits per heavy atom. The summed E-state index contributed by atoms with van der Waals surface area (Å²) in [7, 11) is 0. The van der Waals surface area contributed by atoms with Gasteiger partial charge in [0.2, 0.25) is 0 Å². The van der Waals surface area contributed by atoms with Crippen LogP contribution >= 0.6 is 23.2 Å². The van der Waals surface area contributed by atoms with Crippen molar-refractivity contribution < 1.29 is 14.7 Å². The van der Waals surface area contributed by atoms with Gasteiger partial charge in [-0.25, -0.2) is 0 Å². The van der Waals surface area contributed by atoms with Crippen LogP contribution in [0.25, 0.3) is 0 Å². The molecule has 1 atom stereocenters. The fourth-order valence-electron chi connectivity index (χ4n) is 0.944. The van der Waals surface area contributed by atoms with Crippen molar-refractivity contribution in [2.75, 3.05) is 0 Å². The largest absolute Gasteiger partial charge is 0.481 e. The average molecular weight is 221 g/mol. The molecule has 1 N–H and O–H groups in total. The van der Waals surface area contributed by atoms with Gasteiger partial charge in [0, 0.05) is 10.6 Å². The van der Waals surface area contributed by atoms with Crippen molar-refractivity contribution in [2.24, 2.45) is 0 Å². The standard InChI is InChI=1S/C8H6Cl2O3/c9-5-2-1-4(3-6(11)12)8(13)7(5)10/h1-2,7H,3H2,(H,11,12). The minimum absolute atomic E-state index is 0.178. The zero-order chi connectivity index (χ0) is 10.0. The normalized spacial score (nSPS) is 22.3. The first-order valence-corrected chi connectivity index (χ1v) is 4.30. The van der Waals surface area contributed by atoms with Gasteiger partial charge >= 0.3 is 5.97 Å². The van der Waals surface area contributed by atoms with E-state index in [1.165, 1.54) is 12.2 Å². The van der Waals surface area contributed by atoms with Crippen LogP contribution in [0.4, 0.5) is 0 Å². The van der Waals surface area contributed by atoms with Crippen LogP contribution in [-0.4, -0.2) is 22.2 Å². The van der Waals surface area contributed by atoms with Crippen molar-refractivity contribution in [3.63, 3.8) is 0 Å². The lowest BCUT2D eigenvalue weighted by atomic mass is 10.0. The molecular formula is C8H6Cl2O3. The number of alkyl halides is 1. The molecule has 70 valence electrons. The van der Waals surface area contributed by atoms with Crippen LogP contribution in [0.5, 0.6) is 0 Å². The van der Waals surface area contributed by atoms with E-state index in [9.17, 15) is 9.59 Å². The van der Waals surface area contributed by atoms with Crippen LogP contribution in [0.3, 0.4) is 0 Å². The molecule has 0 saturated heterocycles. The predicted octanol–water partition coefficient (Wildman–Crippen LogP) is 1.70. The van der Waals surface area contributed by atoms with Crippen molar-refractivity contribution in [3.8, 4) is 0 Å². The van der Waals surface area contributed by atoms with Crippen LogP contribution in [0.2, 0.25) is 0 Å². The Labute approximate surface area is 84.6 Å². The molecule has 0 radical (unpaired) electrons. The number of hydrogen-bond donors (Lipinski definition) is 1. The van der Waals surface area contributed by atoms with E-state index in [2.05, 4.69) is 0 Å². The van der Waals surface area contributed by atoms with Gasteiger partial charge in [0.25, 0.3) is 0 Å². The quantitative estimate of drug-likeness (QED) is 0.722. The molecule has 0 bridgehead atoms. The average Bonchev–Trinajstić information content (AvgIpc) is 2.06. The molecule has 3 nitrogen and oxygen atoms in total. The molecule has 1 aliphatic rings. The van der Waals surface area contributed by atoms with Gasteiger partial charge < -0.3 is 5.11 Å². The molecular weight excluding hydrogens is 215 g/mol. The molecule has 0 amide bonds. The number of carboxylic acid groups (broad SMARTS) is 1. The number of allylic oxidation sites excluding steroid dienone is 3. The van der Waals surface area contributed by atoms with E-state index >= 15 is 0 Å². The van der Waals surface area contributed by atoms with E-state index in [0.717, 1.165) is 0 Å². The van der Waals surface area contributed by atoms with Gasteiger partial charge in [0.05, 0.1) is 6.42 Å². The van der Waals surface area contributed by atoms with Crippen molar-refractivity contribution in [1.29, 1.82) is 0 Å². The van der Waals surface area contributed by atoms with Crippen molar-refractivity contribution in [2.45, 2.75) is 11.8 Å². The summed E-state index contributed by atoms with van der Waals surface area (Å²) < 4.78 is 0. The SMILES string of the molecule is O=C(O)CC1=CC=C(Cl)C(Cl)C1=O. The van der Waals surface area contributed by atoms with E-state index in [-0.39, 0.29) is 17.0 Å². The summed E-state index contributed by atoms with van der Waals surface area (Å²) in [6, 6.07) is 0. The number of ketones is 1. The van der Waals surface area contributed by atoms with Crippen molar-refractivity contribution in [1.82, 2.24) is 0 Å². The van der Waals surface area contributed by atoms with Crippen LogP contribution in [0.15, 0.2) is 22.8 Å². The van der Waals surface area contributed by atoms with Crippen LogP contribution in [0.1, 0.15) is 6.42 Å². The topological polar surface area (TPSA) is 54.4 Å². The Morgan fingerprint density at radius 2 is 2.15 bits per heavy atom. The fourth-order valence-corrected chi connectivity index (χ4v) is 1.32. The molecule has 0 aromatic rings. The molecule has 0 saturated carbocycles. The molecule has 1 aliphatic carbocycles. The number of halogens is 2. The Kier molecular flexibility index (Phi) is 3.12. The summed E-state index contributed by atoms with van der Waals surface area (Å²) in [5.41, 5.74) is 0.178. The lowest BCUT2D eigenvalue weighted by Gasteiger charge is -2.12. The molecule has 5 heteroatoms. The van der Waals surface area contributed by atoms with Gasteiger partial charge in [-0.15, -0.1) is 11.6 Å². The number of hydrogen-bond acceptors (Lipinski definition) is 2.